The highest BCUT2D eigenvalue weighted by Gasteiger charge is 2.16. The van der Waals surface area contributed by atoms with E-state index in [2.05, 4.69) is 32.9 Å². The molecule has 0 aliphatic carbocycles. The Labute approximate surface area is 144 Å². The van der Waals surface area contributed by atoms with Crippen LogP contribution in [0.4, 0.5) is 5.69 Å². The zero-order chi connectivity index (χ0) is 17.5. The Bertz CT molecular complexity index is 683. The number of aryl methyl sites for hydroxylation is 1. The molecule has 0 unspecified atom stereocenters. The first-order valence-electron chi connectivity index (χ1n) is 8.18. The number of anilines is 1. The van der Waals surface area contributed by atoms with Crippen molar-refractivity contribution in [3.05, 3.63) is 54.1 Å². The minimum Gasteiger partial charge on any atom is -0.497 e. The molecule has 24 heavy (non-hydrogen) atoms. The molecule has 0 aliphatic heterocycles. The molecule has 1 N–H and O–H groups in total. The van der Waals surface area contributed by atoms with Gasteiger partial charge in [0.15, 0.2) is 0 Å². The number of methoxy groups -OCH3 is 1. The largest absolute Gasteiger partial charge is 0.497 e. The van der Waals surface area contributed by atoms with E-state index in [1.807, 2.05) is 41.3 Å². The van der Waals surface area contributed by atoms with Crippen molar-refractivity contribution in [2.45, 2.75) is 20.8 Å². The van der Waals surface area contributed by atoms with Crippen LogP contribution >= 0.6 is 0 Å². The Balaban J connectivity index is 2.11. The molecule has 0 aromatic heterocycles. The van der Waals surface area contributed by atoms with E-state index >= 15 is 0 Å². The molecular formula is C20H26N2O2. The van der Waals surface area contributed by atoms with Gasteiger partial charge in [-0.15, -0.1) is 0 Å². The second kappa shape index (κ2) is 8.39. The summed E-state index contributed by atoms with van der Waals surface area (Å²) in [7, 11) is 1.63. The number of nitrogens with zero attached hydrogens (tertiary/aromatic N) is 1. The van der Waals surface area contributed by atoms with Gasteiger partial charge in [0, 0.05) is 18.3 Å². The van der Waals surface area contributed by atoms with E-state index in [0.717, 1.165) is 23.5 Å². The first-order chi connectivity index (χ1) is 11.5. The summed E-state index contributed by atoms with van der Waals surface area (Å²) in [5, 5.41) is 8.49. The summed E-state index contributed by atoms with van der Waals surface area (Å²) in [5.41, 5.74) is 2.22. The zero-order valence-corrected chi connectivity index (χ0v) is 14.9. The van der Waals surface area contributed by atoms with Crippen LogP contribution in [0.15, 0.2) is 48.5 Å². The van der Waals surface area contributed by atoms with Crippen molar-refractivity contribution in [1.82, 2.24) is 0 Å². The normalized spacial score (nSPS) is 10.5. The van der Waals surface area contributed by atoms with E-state index in [1.165, 1.54) is 0 Å². The monoisotopic (exact) mass is 326 g/mol. The topological polar surface area (TPSA) is 45.6 Å². The first-order valence-corrected chi connectivity index (χ1v) is 8.18. The third kappa shape index (κ3) is 4.75. The lowest BCUT2D eigenvalue weighted by atomic mass is 10.1. The second-order valence-corrected chi connectivity index (χ2v) is 6.21. The van der Waals surface area contributed by atoms with Crippen molar-refractivity contribution in [3.8, 4) is 11.5 Å². The fraction of sp³-hybridized carbons (Fsp3) is 0.350. The third-order valence-corrected chi connectivity index (χ3v) is 3.70. The van der Waals surface area contributed by atoms with Crippen molar-refractivity contribution in [1.29, 1.82) is 5.41 Å². The molecule has 128 valence electrons. The van der Waals surface area contributed by atoms with Crippen LogP contribution in [0.1, 0.15) is 19.4 Å². The van der Waals surface area contributed by atoms with E-state index in [-0.39, 0.29) is 6.61 Å². The molecule has 0 aliphatic rings. The second-order valence-electron chi connectivity index (χ2n) is 6.21. The van der Waals surface area contributed by atoms with Gasteiger partial charge in [0.1, 0.15) is 23.9 Å². The third-order valence-electron chi connectivity index (χ3n) is 3.70. The zero-order valence-electron chi connectivity index (χ0n) is 14.9. The van der Waals surface area contributed by atoms with Gasteiger partial charge in [0.25, 0.3) is 0 Å². The smallest absolute Gasteiger partial charge is 0.145 e. The van der Waals surface area contributed by atoms with Gasteiger partial charge in [0.2, 0.25) is 0 Å². The number of nitrogens with one attached hydrogen (secondary N) is 1. The molecule has 2 aromatic rings. The molecule has 0 heterocycles. The van der Waals surface area contributed by atoms with Crippen molar-refractivity contribution < 1.29 is 9.47 Å². The minimum atomic E-state index is 0.216. The van der Waals surface area contributed by atoms with E-state index in [9.17, 15) is 0 Å². The van der Waals surface area contributed by atoms with Gasteiger partial charge in [-0.3, -0.25) is 5.41 Å². The summed E-state index contributed by atoms with van der Waals surface area (Å²) in [6, 6.07) is 15.6. The molecular weight excluding hydrogens is 300 g/mol. The SMILES string of the molecule is COc1cccc(OCC(=N)N(CC(C)C)c2ccccc2C)c1. The van der Waals surface area contributed by atoms with Gasteiger partial charge in [-0.1, -0.05) is 38.1 Å². The highest BCUT2D eigenvalue weighted by Crippen LogP contribution is 2.22. The van der Waals surface area contributed by atoms with Crippen molar-refractivity contribution in [2.24, 2.45) is 5.92 Å². The molecule has 2 rings (SSSR count). The average molecular weight is 326 g/mol. The number of rotatable bonds is 7. The fourth-order valence-corrected chi connectivity index (χ4v) is 2.51. The van der Waals surface area contributed by atoms with Crippen LogP contribution in [0, 0.1) is 18.3 Å². The summed E-state index contributed by atoms with van der Waals surface area (Å²) < 4.78 is 11.0. The van der Waals surface area contributed by atoms with Crippen LogP contribution in [0.25, 0.3) is 0 Å². The number of benzene rings is 2. The fourth-order valence-electron chi connectivity index (χ4n) is 2.51. The Morgan fingerprint density at radius 2 is 1.79 bits per heavy atom. The predicted molar refractivity (Wildman–Crippen MR) is 99.6 cm³/mol. The number of amidine groups is 1. The molecule has 4 nitrogen and oxygen atoms in total. The van der Waals surface area contributed by atoms with Crippen molar-refractivity contribution in [2.75, 3.05) is 25.2 Å². The lowest BCUT2D eigenvalue weighted by Crippen LogP contribution is -2.37. The molecule has 0 saturated carbocycles. The van der Waals surface area contributed by atoms with E-state index in [0.29, 0.717) is 17.5 Å². The summed E-state index contributed by atoms with van der Waals surface area (Å²) in [4.78, 5) is 2.03. The lowest BCUT2D eigenvalue weighted by molar-refractivity contribution is 0.365. The van der Waals surface area contributed by atoms with Crippen LogP contribution in [0.2, 0.25) is 0 Å². The standard InChI is InChI=1S/C20H26N2O2/c1-15(2)13-22(19-11-6-5-8-16(19)3)20(21)14-24-18-10-7-9-17(12-18)23-4/h5-12,15,21H,13-14H2,1-4H3. The van der Waals surface area contributed by atoms with Crippen LogP contribution in [0.5, 0.6) is 11.5 Å². The molecule has 0 atom stereocenters. The Morgan fingerprint density at radius 3 is 2.46 bits per heavy atom. The Kier molecular flexibility index (Phi) is 6.24. The van der Waals surface area contributed by atoms with Gasteiger partial charge in [-0.2, -0.15) is 0 Å². The van der Waals surface area contributed by atoms with Crippen LogP contribution in [-0.4, -0.2) is 26.1 Å². The summed E-state index contributed by atoms with van der Waals surface area (Å²) in [6.07, 6.45) is 0. The average Bonchev–Trinajstić information content (AvgIpc) is 2.58. The summed E-state index contributed by atoms with van der Waals surface area (Å²) in [5.74, 6) is 2.34. The highest BCUT2D eigenvalue weighted by molar-refractivity contribution is 5.97. The predicted octanol–water partition coefficient (Wildman–Crippen LogP) is 4.52. The van der Waals surface area contributed by atoms with E-state index in [4.69, 9.17) is 14.9 Å². The summed E-state index contributed by atoms with van der Waals surface area (Å²) >= 11 is 0. The molecule has 0 amide bonds. The van der Waals surface area contributed by atoms with Crippen LogP contribution in [-0.2, 0) is 0 Å². The quantitative estimate of drug-likeness (QED) is 0.601. The van der Waals surface area contributed by atoms with E-state index in [1.54, 1.807) is 7.11 Å². The molecule has 0 radical (unpaired) electrons. The van der Waals surface area contributed by atoms with Gasteiger partial charge in [-0.05, 0) is 36.6 Å². The number of para-hydroxylation sites is 1. The van der Waals surface area contributed by atoms with Crippen molar-refractivity contribution in [3.63, 3.8) is 0 Å². The van der Waals surface area contributed by atoms with E-state index < -0.39 is 0 Å². The maximum absolute atomic E-state index is 8.49. The molecule has 2 aromatic carbocycles. The Hall–Kier alpha value is -2.49. The molecule has 0 bridgehead atoms. The van der Waals surface area contributed by atoms with Crippen LogP contribution < -0.4 is 14.4 Å². The molecule has 0 fully saturated rings. The number of ether oxygens (including phenoxy) is 2. The Morgan fingerprint density at radius 1 is 1.08 bits per heavy atom. The summed E-state index contributed by atoms with van der Waals surface area (Å²) in [6.45, 7) is 7.38. The number of hydrogen-bond acceptors (Lipinski definition) is 3. The van der Waals surface area contributed by atoms with Gasteiger partial charge >= 0.3 is 0 Å². The maximum Gasteiger partial charge on any atom is 0.145 e. The first kappa shape index (κ1) is 17.9. The van der Waals surface area contributed by atoms with Gasteiger partial charge in [0.05, 0.1) is 7.11 Å². The van der Waals surface area contributed by atoms with Gasteiger partial charge in [-0.25, -0.2) is 0 Å². The molecule has 0 spiro atoms. The van der Waals surface area contributed by atoms with Crippen LogP contribution in [0.3, 0.4) is 0 Å². The van der Waals surface area contributed by atoms with Gasteiger partial charge < -0.3 is 14.4 Å². The minimum absolute atomic E-state index is 0.216. The van der Waals surface area contributed by atoms with Crippen molar-refractivity contribution >= 4 is 11.5 Å². The highest BCUT2D eigenvalue weighted by atomic mass is 16.5. The lowest BCUT2D eigenvalue weighted by Gasteiger charge is -2.28. The molecule has 0 saturated heterocycles. The number of hydrogen-bond donors (Lipinski definition) is 1. The molecule has 4 heteroatoms. The maximum atomic E-state index is 8.49.